The number of benzene rings is 2. The summed E-state index contributed by atoms with van der Waals surface area (Å²) >= 11 is 0. The zero-order valence-corrected chi connectivity index (χ0v) is 20.1. The Balaban J connectivity index is 1.50. The molecular formula is C24H24N6O5S. The highest BCUT2D eigenvalue weighted by atomic mass is 32.2. The molecule has 186 valence electrons. The Labute approximate surface area is 207 Å². The van der Waals surface area contributed by atoms with E-state index in [4.69, 9.17) is 4.52 Å². The number of rotatable bonds is 7. The molecule has 0 saturated carbocycles. The van der Waals surface area contributed by atoms with Crippen molar-refractivity contribution in [2.45, 2.75) is 30.4 Å². The Morgan fingerprint density at radius 3 is 2.69 bits per heavy atom. The smallest absolute Gasteiger partial charge is 0.263 e. The van der Waals surface area contributed by atoms with E-state index in [1.807, 2.05) is 30.3 Å². The van der Waals surface area contributed by atoms with Crippen molar-refractivity contribution in [2.24, 2.45) is 0 Å². The average Bonchev–Trinajstić information content (AvgIpc) is 3.31. The maximum Gasteiger partial charge on any atom is 0.263 e. The van der Waals surface area contributed by atoms with Crippen LogP contribution in [0.5, 0.6) is 0 Å². The number of sulfone groups is 1. The normalized spacial score (nSPS) is 17.2. The second-order valence-electron chi connectivity index (χ2n) is 8.39. The summed E-state index contributed by atoms with van der Waals surface area (Å²) in [4.78, 5) is 13.3. The molecule has 2 atom stereocenters. The Hall–Kier alpha value is -3.87. The number of hydrogen-bond acceptors (Lipinski definition) is 11. The molecule has 0 radical (unpaired) electrons. The van der Waals surface area contributed by atoms with E-state index in [-0.39, 0.29) is 35.5 Å². The van der Waals surface area contributed by atoms with Gasteiger partial charge in [-0.15, -0.1) is 0 Å². The van der Waals surface area contributed by atoms with Gasteiger partial charge >= 0.3 is 0 Å². The van der Waals surface area contributed by atoms with Crippen LogP contribution in [0.2, 0.25) is 0 Å². The van der Waals surface area contributed by atoms with Crippen molar-refractivity contribution in [1.29, 1.82) is 0 Å². The van der Waals surface area contributed by atoms with Crippen molar-refractivity contribution >= 4 is 27.3 Å². The number of fused-ring (bicyclic) bond motifs is 1. The monoisotopic (exact) mass is 508 g/mol. The molecule has 2 aromatic heterocycles. The van der Waals surface area contributed by atoms with Crippen LogP contribution in [0.4, 0.5) is 17.5 Å². The summed E-state index contributed by atoms with van der Waals surface area (Å²) in [7, 11) is -3.42. The van der Waals surface area contributed by atoms with Gasteiger partial charge in [0.05, 0.1) is 29.4 Å². The number of aryl methyl sites for hydroxylation is 1. The number of anilines is 3. The van der Waals surface area contributed by atoms with Crippen molar-refractivity contribution in [1.82, 2.24) is 20.1 Å². The van der Waals surface area contributed by atoms with Crippen LogP contribution in [0.3, 0.4) is 0 Å². The fourth-order valence-corrected chi connectivity index (χ4v) is 5.61. The molecule has 4 aromatic rings. The Morgan fingerprint density at radius 2 is 1.97 bits per heavy atom. The Kier molecular flexibility index (Phi) is 6.39. The van der Waals surface area contributed by atoms with E-state index in [1.54, 1.807) is 19.1 Å². The van der Waals surface area contributed by atoms with Gasteiger partial charge in [-0.2, -0.15) is 9.97 Å². The van der Waals surface area contributed by atoms with Gasteiger partial charge in [-0.3, -0.25) is 0 Å². The summed E-state index contributed by atoms with van der Waals surface area (Å²) in [6.07, 6.45) is 0.786. The summed E-state index contributed by atoms with van der Waals surface area (Å²) in [5.74, 6) is 1.13. The van der Waals surface area contributed by atoms with Crippen LogP contribution in [0.15, 0.2) is 64.1 Å². The second kappa shape index (κ2) is 9.64. The number of nitrogens with zero attached hydrogens (tertiary/aromatic N) is 4. The molecule has 0 saturated heterocycles. The van der Waals surface area contributed by atoms with Gasteiger partial charge in [-0.05, 0) is 37.1 Å². The van der Waals surface area contributed by atoms with E-state index in [2.05, 4.69) is 30.7 Å². The highest BCUT2D eigenvalue weighted by molar-refractivity contribution is 7.91. The number of nitrogens with one attached hydrogen (secondary N) is 2. The molecule has 0 bridgehead atoms. The Bertz CT molecular complexity index is 1490. The van der Waals surface area contributed by atoms with Crippen molar-refractivity contribution in [2.75, 3.05) is 23.0 Å². The van der Waals surface area contributed by atoms with Gasteiger partial charge in [0.2, 0.25) is 5.95 Å². The molecule has 2 aromatic carbocycles. The molecule has 0 spiro atoms. The fourth-order valence-electron chi connectivity index (χ4n) is 4.03. The minimum Gasteiger partial charge on any atom is -0.394 e. The average molecular weight is 509 g/mol. The van der Waals surface area contributed by atoms with Crippen LogP contribution in [-0.2, 0) is 9.84 Å². The predicted molar refractivity (Wildman–Crippen MR) is 131 cm³/mol. The van der Waals surface area contributed by atoms with Crippen LogP contribution in [0.1, 0.15) is 35.5 Å². The lowest BCUT2D eigenvalue weighted by Gasteiger charge is -2.22. The molecule has 3 heterocycles. The third-order valence-corrected chi connectivity index (χ3v) is 7.68. The van der Waals surface area contributed by atoms with Crippen LogP contribution in [-0.4, -0.2) is 51.1 Å². The van der Waals surface area contributed by atoms with Crippen molar-refractivity contribution in [3.8, 4) is 11.5 Å². The molecule has 0 amide bonds. The van der Waals surface area contributed by atoms with Crippen molar-refractivity contribution in [3.63, 3.8) is 0 Å². The first-order valence-corrected chi connectivity index (χ1v) is 12.9. The Morgan fingerprint density at radius 1 is 1.17 bits per heavy atom. The van der Waals surface area contributed by atoms with Crippen molar-refractivity contribution in [3.05, 3.63) is 71.7 Å². The van der Waals surface area contributed by atoms with Crippen molar-refractivity contribution < 1.29 is 23.2 Å². The largest absolute Gasteiger partial charge is 0.394 e. The van der Waals surface area contributed by atoms with Gasteiger partial charge in [-0.1, -0.05) is 35.5 Å². The summed E-state index contributed by atoms with van der Waals surface area (Å²) in [6, 6.07) is 13.6. The van der Waals surface area contributed by atoms with Gasteiger partial charge in [0, 0.05) is 17.4 Å². The molecule has 1 unspecified atom stereocenters. The lowest BCUT2D eigenvalue weighted by molar-refractivity contribution is 0.168. The number of aliphatic hydroxyl groups is 2. The molecule has 36 heavy (non-hydrogen) atoms. The number of aliphatic hydroxyl groups excluding tert-OH is 2. The topological polar surface area (TPSA) is 163 Å². The summed E-state index contributed by atoms with van der Waals surface area (Å²) in [5.41, 5.74) is 2.15. The molecule has 5 rings (SSSR count). The van der Waals surface area contributed by atoms with E-state index >= 15 is 0 Å². The zero-order chi connectivity index (χ0) is 25.3. The lowest BCUT2D eigenvalue weighted by atomic mass is 10.1. The third-order valence-electron chi connectivity index (χ3n) is 5.86. The highest BCUT2D eigenvalue weighted by Crippen LogP contribution is 2.35. The van der Waals surface area contributed by atoms with Gasteiger partial charge in [0.25, 0.3) is 5.89 Å². The van der Waals surface area contributed by atoms with Gasteiger partial charge in [0.15, 0.2) is 15.7 Å². The summed E-state index contributed by atoms with van der Waals surface area (Å²) in [6.45, 7) is 1.50. The molecule has 11 nitrogen and oxygen atoms in total. The van der Waals surface area contributed by atoms with Crippen LogP contribution < -0.4 is 10.6 Å². The van der Waals surface area contributed by atoms with Crippen LogP contribution in [0.25, 0.3) is 11.5 Å². The maximum atomic E-state index is 12.4. The molecule has 0 aliphatic carbocycles. The quantitative estimate of drug-likeness (QED) is 0.290. The van der Waals surface area contributed by atoms with Gasteiger partial charge in [-0.25, -0.2) is 13.4 Å². The number of hydrogen-bond donors (Lipinski definition) is 4. The third kappa shape index (κ3) is 4.78. The lowest BCUT2D eigenvalue weighted by Crippen LogP contribution is -2.20. The molecule has 4 N–H and O–H groups in total. The van der Waals surface area contributed by atoms with E-state index in [1.165, 1.54) is 12.3 Å². The molecule has 1 aliphatic rings. The van der Waals surface area contributed by atoms with Crippen LogP contribution >= 0.6 is 0 Å². The predicted octanol–water partition coefficient (Wildman–Crippen LogP) is 2.93. The standard InChI is InChI=1S/C24H24N6O5S/c1-14-26-23(35-30-14)18-12-25-24(29-22(18)28-19(13-31)15-5-3-2-4-6-15)27-16-7-8-21-17(11-16)20(32)9-10-36(21,33)34/h2-8,11-12,19-20,31-32H,9-10,13H2,1H3,(H2,25,27,28,29)/t19-,20?/m1/s1. The molecular weight excluding hydrogens is 484 g/mol. The van der Waals surface area contributed by atoms with Gasteiger partial charge < -0.3 is 25.4 Å². The first-order chi connectivity index (χ1) is 17.3. The SMILES string of the molecule is Cc1noc(-c2cnc(Nc3ccc4c(c3)C(O)CCS4(=O)=O)nc2N[C@H](CO)c2ccccc2)n1. The maximum absolute atomic E-state index is 12.4. The minimum atomic E-state index is -3.42. The summed E-state index contributed by atoms with van der Waals surface area (Å²) in [5, 5.41) is 30.5. The fraction of sp³-hybridized carbons (Fsp3) is 0.250. The molecule has 12 heteroatoms. The van der Waals surface area contributed by atoms with Gasteiger partial charge in [0.1, 0.15) is 11.4 Å². The molecule has 1 aliphatic heterocycles. The van der Waals surface area contributed by atoms with E-state index < -0.39 is 22.0 Å². The second-order valence-corrected chi connectivity index (χ2v) is 10.5. The number of aromatic nitrogens is 4. The first kappa shape index (κ1) is 23.9. The van der Waals surface area contributed by atoms with Crippen LogP contribution in [0, 0.1) is 6.92 Å². The molecule has 0 fully saturated rings. The first-order valence-electron chi connectivity index (χ1n) is 11.3. The highest BCUT2D eigenvalue weighted by Gasteiger charge is 2.29. The minimum absolute atomic E-state index is 0.0872. The van der Waals surface area contributed by atoms with E-state index in [0.717, 1.165) is 5.56 Å². The zero-order valence-electron chi connectivity index (χ0n) is 19.3. The van der Waals surface area contributed by atoms with E-state index in [9.17, 15) is 18.6 Å². The van der Waals surface area contributed by atoms with E-state index in [0.29, 0.717) is 28.5 Å². The summed E-state index contributed by atoms with van der Waals surface area (Å²) < 4.78 is 30.0.